The summed E-state index contributed by atoms with van der Waals surface area (Å²) in [6, 6.07) is 7.47. The number of nitrogens with two attached hydrogens (primary N) is 1. The molecule has 0 fully saturated rings. The van der Waals surface area contributed by atoms with E-state index in [2.05, 4.69) is 23.0 Å². The van der Waals surface area contributed by atoms with Crippen LogP contribution in [0.25, 0.3) is 0 Å². The van der Waals surface area contributed by atoms with Gasteiger partial charge in [-0.25, -0.2) is 0 Å². The minimum absolute atomic E-state index is 0.0212. The molecular formula is C16H20N2OS. The van der Waals surface area contributed by atoms with Crippen LogP contribution in [0.1, 0.15) is 30.5 Å². The van der Waals surface area contributed by atoms with Gasteiger partial charge in [0, 0.05) is 12.2 Å². The molecule has 0 aliphatic heterocycles. The van der Waals surface area contributed by atoms with E-state index in [-0.39, 0.29) is 5.91 Å². The van der Waals surface area contributed by atoms with E-state index in [1.54, 1.807) is 11.3 Å². The Morgan fingerprint density at radius 3 is 2.45 bits per heavy atom. The number of nitrogen functional groups attached to an aromatic ring is 1. The van der Waals surface area contributed by atoms with Crippen LogP contribution in [0.15, 0.2) is 35.0 Å². The number of rotatable bonds is 4. The van der Waals surface area contributed by atoms with Gasteiger partial charge in [0.15, 0.2) is 0 Å². The Bertz CT molecular complexity index is 599. The molecule has 0 bridgehead atoms. The van der Waals surface area contributed by atoms with Gasteiger partial charge in [0.1, 0.15) is 0 Å². The highest BCUT2D eigenvalue weighted by Gasteiger charge is 2.29. The lowest BCUT2D eigenvalue weighted by Crippen LogP contribution is -2.39. The molecule has 3 N–H and O–H groups in total. The van der Waals surface area contributed by atoms with Gasteiger partial charge in [0.2, 0.25) is 5.91 Å². The van der Waals surface area contributed by atoms with Crippen LogP contribution < -0.4 is 11.1 Å². The third-order valence-electron chi connectivity index (χ3n) is 3.60. The number of thiophene rings is 1. The van der Waals surface area contributed by atoms with E-state index in [0.717, 1.165) is 5.56 Å². The third kappa shape index (κ3) is 3.02. The first-order valence-corrected chi connectivity index (χ1v) is 7.51. The zero-order valence-corrected chi connectivity index (χ0v) is 12.9. The smallest absolute Gasteiger partial charge is 0.230 e. The first-order chi connectivity index (χ1) is 9.41. The van der Waals surface area contributed by atoms with Gasteiger partial charge in [-0.05, 0) is 60.4 Å². The molecule has 0 aliphatic rings. The molecule has 1 aromatic carbocycles. The second kappa shape index (κ2) is 5.67. The van der Waals surface area contributed by atoms with E-state index < -0.39 is 5.41 Å². The first-order valence-electron chi connectivity index (χ1n) is 6.57. The largest absolute Gasteiger partial charge is 0.399 e. The maximum Gasteiger partial charge on any atom is 0.230 e. The summed E-state index contributed by atoms with van der Waals surface area (Å²) in [5, 5.41) is 7.18. The van der Waals surface area contributed by atoms with Crippen LogP contribution in [-0.2, 0) is 16.8 Å². The van der Waals surface area contributed by atoms with Crippen molar-refractivity contribution in [2.45, 2.75) is 32.7 Å². The summed E-state index contributed by atoms with van der Waals surface area (Å²) in [6.07, 6.45) is 0. The Balaban J connectivity index is 2.07. The van der Waals surface area contributed by atoms with Gasteiger partial charge < -0.3 is 11.1 Å². The molecule has 0 saturated carbocycles. The Kier molecular flexibility index (Phi) is 4.14. The van der Waals surface area contributed by atoms with Crippen molar-refractivity contribution in [3.05, 3.63) is 51.7 Å². The number of aryl methyl sites for hydroxylation is 1. The van der Waals surface area contributed by atoms with Crippen molar-refractivity contribution in [1.29, 1.82) is 0 Å². The van der Waals surface area contributed by atoms with Crippen LogP contribution in [0.3, 0.4) is 0 Å². The molecule has 2 aromatic rings. The number of hydrogen-bond donors (Lipinski definition) is 2. The Hall–Kier alpha value is -1.81. The van der Waals surface area contributed by atoms with Gasteiger partial charge in [-0.2, -0.15) is 11.3 Å². The monoisotopic (exact) mass is 288 g/mol. The molecular weight excluding hydrogens is 268 g/mol. The van der Waals surface area contributed by atoms with Crippen molar-refractivity contribution in [2.24, 2.45) is 0 Å². The predicted molar refractivity (Wildman–Crippen MR) is 84.8 cm³/mol. The van der Waals surface area contributed by atoms with Crippen LogP contribution in [0.2, 0.25) is 0 Å². The molecule has 0 atom stereocenters. The Morgan fingerprint density at radius 1 is 1.25 bits per heavy atom. The van der Waals surface area contributed by atoms with Crippen LogP contribution in [0, 0.1) is 6.92 Å². The zero-order valence-electron chi connectivity index (χ0n) is 12.1. The highest BCUT2D eigenvalue weighted by atomic mass is 32.1. The summed E-state index contributed by atoms with van der Waals surface area (Å²) in [5.41, 5.74) is 9.19. The van der Waals surface area contributed by atoms with E-state index in [9.17, 15) is 4.79 Å². The summed E-state index contributed by atoms with van der Waals surface area (Å²) in [6.45, 7) is 6.48. The summed E-state index contributed by atoms with van der Waals surface area (Å²) in [5.74, 6) is 0.0212. The van der Waals surface area contributed by atoms with E-state index in [1.807, 2.05) is 38.1 Å². The van der Waals surface area contributed by atoms with E-state index >= 15 is 0 Å². The van der Waals surface area contributed by atoms with Gasteiger partial charge in [0.25, 0.3) is 0 Å². The highest BCUT2D eigenvalue weighted by Crippen LogP contribution is 2.24. The SMILES string of the molecule is Cc1cscc1CNC(=O)C(C)(C)c1ccc(N)cc1. The Morgan fingerprint density at radius 2 is 1.90 bits per heavy atom. The standard InChI is InChI=1S/C16H20N2OS/c1-11-9-20-10-12(11)8-18-15(19)16(2,3)13-4-6-14(17)7-5-13/h4-7,9-10H,8,17H2,1-3H3,(H,18,19). The number of hydrogen-bond acceptors (Lipinski definition) is 3. The normalized spacial score (nSPS) is 11.3. The van der Waals surface area contributed by atoms with Gasteiger partial charge in [-0.3, -0.25) is 4.79 Å². The average Bonchev–Trinajstić information content (AvgIpc) is 2.82. The fraction of sp³-hybridized carbons (Fsp3) is 0.312. The van der Waals surface area contributed by atoms with Gasteiger partial charge >= 0.3 is 0 Å². The van der Waals surface area contributed by atoms with Crippen LogP contribution >= 0.6 is 11.3 Å². The molecule has 1 amide bonds. The lowest BCUT2D eigenvalue weighted by molar-refractivity contribution is -0.125. The molecule has 1 aromatic heterocycles. The van der Waals surface area contributed by atoms with Crippen molar-refractivity contribution < 1.29 is 4.79 Å². The minimum Gasteiger partial charge on any atom is -0.399 e. The maximum atomic E-state index is 12.4. The van der Waals surface area contributed by atoms with Crippen molar-refractivity contribution in [3.63, 3.8) is 0 Å². The van der Waals surface area contributed by atoms with Gasteiger partial charge in [-0.15, -0.1) is 0 Å². The van der Waals surface area contributed by atoms with Crippen molar-refractivity contribution in [2.75, 3.05) is 5.73 Å². The fourth-order valence-electron chi connectivity index (χ4n) is 2.00. The number of amides is 1. The first kappa shape index (κ1) is 14.6. The summed E-state index contributed by atoms with van der Waals surface area (Å²) in [4.78, 5) is 12.4. The molecule has 0 spiro atoms. The Labute approximate surface area is 123 Å². The van der Waals surface area contributed by atoms with Crippen LogP contribution in [0.4, 0.5) is 5.69 Å². The number of anilines is 1. The van der Waals surface area contributed by atoms with Crippen molar-refractivity contribution in [1.82, 2.24) is 5.32 Å². The lowest BCUT2D eigenvalue weighted by Gasteiger charge is -2.24. The third-order valence-corrected chi connectivity index (χ3v) is 4.51. The summed E-state index contributed by atoms with van der Waals surface area (Å²) >= 11 is 1.66. The lowest BCUT2D eigenvalue weighted by atomic mass is 9.83. The second-order valence-corrected chi connectivity index (χ2v) is 6.25. The van der Waals surface area contributed by atoms with Gasteiger partial charge in [-0.1, -0.05) is 12.1 Å². The fourth-order valence-corrected chi connectivity index (χ4v) is 2.85. The number of carbonyl (C=O) groups excluding carboxylic acids is 1. The molecule has 3 nitrogen and oxygen atoms in total. The van der Waals surface area contributed by atoms with Crippen LogP contribution in [0.5, 0.6) is 0 Å². The average molecular weight is 288 g/mol. The summed E-state index contributed by atoms with van der Waals surface area (Å²) in [7, 11) is 0. The van der Waals surface area contributed by atoms with Gasteiger partial charge in [0.05, 0.1) is 5.41 Å². The topological polar surface area (TPSA) is 55.1 Å². The van der Waals surface area contributed by atoms with E-state index in [1.165, 1.54) is 11.1 Å². The zero-order chi connectivity index (χ0) is 14.8. The maximum absolute atomic E-state index is 12.4. The van der Waals surface area contributed by atoms with E-state index in [0.29, 0.717) is 12.2 Å². The molecule has 0 radical (unpaired) electrons. The highest BCUT2D eigenvalue weighted by molar-refractivity contribution is 7.08. The predicted octanol–water partition coefficient (Wildman–Crippen LogP) is 3.23. The van der Waals surface area contributed by atoms with Crippen molar-refractivity contribution in [3.8, 4) is 0 Å². The molecule has 1 heterocycles. The van der Waals surface area contributed by atoms with E-state index in [4.69, 9.17) is 5.73 Å². The molecule has 106 valence electrons. The number of carbonyl (C=O) groups is 1. The molecule has 0 aliphatic carbocycles. The quantitative estimate of drug-likeness (QED) is 0.849. The second-order valence-electron chi connectivity index (χ2n) is 5.51. The minimum atomic E-state index is -0.572. The number of nitrogens with one attached hydrogen (secondary N) is 1. The molecule has 0 unspecified atom stereocenters. The number of benzene rings is 1. The van der Waals surface area contributed by atoms with Crippen molar-refractivity contribution >= 4 is 22.9 Å². The van der Waals surface area contributed by atoms with Crippen LogP contribution in [-0.4, -0.2) is 5.91 Å². The molecule has 4 heteroatoms. The molecule has 0 saturated heterocycles. The summed E-state index contributed by atoms with van der Waals surface area (Å²) < 4.78 is 0. The molecule has 20 heavy (non-hydrogen) atoms. The molecule has 2 rings (SSSR count).